The fourth-order valence-electron chi connectivity index (χ4n) is 1.59. The molecule has 1 aromatic rings. The average molecular weight is 307 g/mol. The Balaban J connectivity index is 2.51. The van der Waals surface area contributed by atoms with E-state index in [2.05, 4.69) is 5.18 Å². The Bertz CT molecular complexity index is 531. The summed E-state index contributed by atoms with van der Waals surface area (Å²) in [6.45, 7) is 5.51. The van der Waals surface area contributed by atoms with Crippen molar-refractivity contribution in [2.45, 2.75) is 39.4 Å². The van der Waals surface area contributed by atoms with Gasteiger partial charge >= 0.3 is 5.97 Å². The van der Waals surface area contributed by atoms with Gasteiger partial charge in [-0.3, -0.25) is 0 Å². The Labute approximate surface area is 129 Å². The summed E-state index contributed by atoms with van der Waals surface area (Å²) in [7, 11) is 0. The first-order valence-corrected chi connectivity index (χ1v) is 6.94. The Morgan fingerprint density at radius 2 is 1.86 bits per heavy atom. The molecule has 0 amide bonds. The summed E-state index contributed by atoms with van der Waals surface area (Å²) < 4.78 is 10.4. The summed E-state index contributed by atoms with van der Waals surface area (Å²) in [5, 5.41) is 12.3. The first-order valence-electron chi connectivity index (χ1n) is 6.94. The zero-order valence-electron chi connectivity index (χ0n) is 13.0. The van der Waals surface area contributed by atoms with E-state index in [0.29, 0.717) is 6.61 Å². The molecule has 0 atom stereocenters. The first kappa shape index (κ1) is 17.8. The number of hydrogen-bond donors (Lipinski definition) is 1. The Morgan fingerprint density at radius 1 is 1.23 bits per heavy atom. The van der Waals surface area contributed by atoms with Gasteiger partial charge in [0.05, 0.1) is 13.2 Å². The fourth-order valence-corrected chi connectivity index (χ4v) is 1.59. The average Bonchev–Trinajstić information content (AvgIpc) is 2.43. The molecular formula is C16H21NO5. The minimum atomic E-state index is -0.942. The molecule has 6 heteroatoms. The number of nitroso groups, excluding NO2 is 1. The third-order valence-corrected chi connectivity index (χ3v) is 2.55. The molecule has 0 fully saturated rings. The molecule has 0 bridgehead atoms. The number of benzene rings is 1. The van der Waals surface area contributed by atoms with Crippen LogP contribution >= 0.6 is 0 Å². The van der Waals surface area contributed by atoms with Gasteiger partial charge in [0.2, 0.25) is 5.70 Å². The smallest absolute Gasteiger partial charge is 0.364 e. The van der Waals surface area contributed by atoms with E-state index >= 15 is 0 Å². The Morgan fingerprint density at radius 3 is 2.41 bits per heavy atom. The molecule has 1 N–H and O–H groups in total. The van der Waals surface area contributed by atoms with E-state index in [1.807, 2.05) is 30.3 Å². The van der Waals surface area contributed by atoms with Gasteiger partial charge in [-0.05, 0) is 31.5 Å². The maximum absolute atomic E-state index is 11.7. The zero-order chi connectivity index (χ0) is 16.6. The lowest BCUT2D eigenvalue weighted by Crippen LogP contribution is -2.25. The molecule has 0 saturated carbocycles. The molecule has 0 radical (unpaired) electrons. The highest BCUT2D eigenvalue weighted by Gasteiger charge is 2.23. The summed E-state index contributed by atoms with van der Waals surface area (Å²) in [6, 6.07) is 9.52. The first-order chi connectivity index (χ1) is 10.3. The topological polar surface area (TPSA) is 85.2 Å². The van der Waals surface area contributed by atoms with E-state index in [1.54, 1.807) is 20.8 Å². The second kappa shape index (κ2) is 8.29. The lowest BCUT2D eigenvalue weighted by Gasteiger charge is -2.19. The number of rotatable bonds is 7. The van der Waals surface area contributed by atoms with E-state index in [1.165, 1.54) is 0 Å². The van der Waals surface area contributed by atoms with Crippen molar-refractivity contribution >= 4 is 5.97 Å². The number of esters is 1. The SMILES string of the molecule is CC(C)(C)OC(=O)C(N=O)=C(O)CCOCc1ccccc1. The minimum absolute atomic E-state index is 0.00709. The van der Waals surface area contributed by atoms with Crippen LogP contribution in [0.5, 0.6) is 0 Å². The van der Waals surface area contributed by atoms with Gasteiger partial charge in [-0.1, -0.05) is 30.3 Å². The number of ether oxygens (including phenoxy) is 2. The van der Waals surface area contributed by atoms with Crippen molar-refractivity contribution in [2.24, 2.45) is 5.18 Å². The van der Waals surface area contributed by atoms with Crippen LogP contribution in [0.3, 0.4) is 0 Å². The molecule has 0 aliphatic carbocycles. The van der Waals surface area contributed by atoms with E-state index in [-0.39, 0.29) is 13.0 Å². The summed E-state index contributed by atoms with van der Waals surface area (Å²) in [5.74, 6) is -1.37. The van der Waals surface area contributed by atoms with Crippen molar-refractivity contribution in [3.63, 3.8) is 0 Å². The highest BCUT2D eigenvalue weighted by molar-refractivity contribution is 5.88. The van der Waals surface area contributed by atoms with Crippen molar-refractivity contribution in [1.29, 1.82) is 0 Å². The summed E-state index contributed by atoms with van der Waals surface area (Å²) >= 11 is 0. The zero-order valence-corrected chi connectivity index (χ0v) is 13.0. The lowest BCUT2D eigenvalue weighted by atomic mass is 10.2. The van der Waals surface area contributed by atoms with Gasteiger partial charge in [-0.15, -0.1) is 4.91 Å². The van der Waals surface area contributed by atoms with Gasteiger partial charge in [0, 0.05) is 6.42 Å². The second-order valence-corrected chi connectivity index (χ2v) is 5.68. The largest absolute Gasteiger partial charge is 0.510 e. The number of nitrogens with zero attached hydrogens (tertiary/aromatic N) is 1. The number of carbonyl (C=O) groups is 1. The number of carbonyl (C=O) groups excluding carboxylic acids is 1. The molecule has 0 unspecified atom stereocenters. The molecule has 0 aliphatic rings. The molecule has 0 heterocycles. The maximum atomic E-state index is 11.7. The molecule has 1 aromatic carbocycles. The maximum Gasteiger partial charge on any atom is 0.364 e. The highest BCUT2D eigenvalue weighted by atomic mass is 16.6. The monoisotopic (exact) mass is 307 g/mol. The molecule has 0 saturated heterocycles. The molecule has 0 aromatic heterocycles. The molecule has 120 valence electrons. The Kier molecular flexibility index (Phi) is 6.72. The van der Waals surface area contributed by atoms with Crippen LogP contribution < -0.4 is 0 Å². The molecule has 22 heavy (non-hydrogen) atoms. The predicted octanol–water partition coefficient (Wildman–Crippen LogP) is 3.47. The number of hydrogen-bond acceptors (Lipinski definition) is 6. The van der Waals surface area contributed by atoms with Crippen LogP contribution in [0.1, 0.15) is 32.8 Å². The van der Waals surface area contributed by atoms with Crippen molar-refractivity contribution in [2.75, 3.05) is 6.61 Å². The van der Waals surface area contributed by atoms with Crippen LogP contribution in [0.4, 0.5) is 0 Å². The van der Waals surface area contributed by atoms with Crippen LogP contribution in [0.25, 0.3) is 0 Å². The van der Waals surface area contributed by atoms with Gasteiger partial charge < -0.3 is 14.6 Å². The predicted molar refractivity (Wildman–Crippen MR) is 82.0 cm³/mol. The highest BCUT2D eigenvalue weighted by Crippen LogP contribution is 2.15. The van der Waals surface area contributed by atoms with Gasteiger partial charge in [0.1, 0.15) is 11.4 Å². The van der Waals surface area contributed by atoms with E-state index in [9.17, 15) is 14.8 Å². The van der Waals surface area contributed by atoms with Crippen LogP contribution in [0.2, 0.25) is 0 Å². The van der Waals surface area contributed by atoms with Gasteiger partial charge in [-0.25, -0.2) is 4.79 Å². The van der Waals surface area contributed by atoms with E-state index in [0.717, 1.165) is 5.56 Å². The van der Waals surface area contributed by atoms with Crippen molar-refractivity contribution in [3.8, 4) is 0 Å². The summed E-state index contributed by atoms with van der Waals surface area (Å²) in [4.78, 5) is 22.4. The van der Waals surface area contributed by atoms with Crippen LogP contribution in [0, 0.1) is 4.91 Å². The van der Waals surface area contributed by atoms with Crippen molar-refractivity contribution in [3.05, 3.63) is 52.3 Å². The van der Waals surface area contributed by atoms with Gasteiger partial charge in [-0.2, -0.15) is 0 Å². The standard InChI is InChI=1S/C16H21NO5/c1-16(2,3)22-15(19)14(17-20)13(18)9-10-21-11-12-7-5-4-6-8-12/h4-8,18H,9-11H2,1-3H3. The summed E-state index contributed by atoms with van der Waals surface area (Å²) in [6.07, 6.45) is 0.00709. The Hall–Kier alpha value is -2.21. The summed E-state index contributed by atoms with van der Waals surface area (Å²) in [5.41, 5.74) is -0.387. The molecular weight excluding hydrogens is 286 g/mol. The molecule has 6 nitrogen and oxygen atoms in total. The third-order valence-electron chi connectivity index (χ3n) is 2.55. The van der Waals surface area contributed by atoms with Crippen molar-refractivity contribution < 1.29 is 19.4 Å². The number of aliphatic hydroxyl groups is 1. The van der Waals surface area contributed by atoms with E-state index in [4.69, 9.17) is 9.47 Å². The molecule has 0 spiro atoms. The van der Waals surface area contributed by atoms with E-state index < -0.39 is 23.0 Å². The van der Waals surface area contributed by atoms with Crippen LogP contribution in [0.15, 0.2) is 47.0 Å². The lowest BCUT2D eigenvalue weighted by molar-refractivity contribution is -0.150. The number of aliphatic hydroxyl groups excluding tert-OH is 1. The van der Waals surface area contributed by atoms with Crippen LogP contribution in [-0.2, 0) is 20.9 Å². The third kappa shape index (κ3) is 6.49. The minimum Gasteiger partial charge on any atom is -0.510 e. The normalized spacial score (nSPS) is 12.5. The fraction of sp³-hybridized carbons (Fsp3) is 0.438. The molecule has 1 rings (SSSR count). The quantitative estimate of drug-likeness (QED) is 0.274. The second-order valence-electron chi connectivity index (χ2n) is 5.68. The van der Waals surface area contributed by atoms with Crippen LogP contribution in [-0.4, -0.2) is 23.3 Å². The van der Waals surface area contributed by atoms with Gasteiger partial charge in [0.25, 0.3) is 0 Å². The van der Waals surface area contributed by atoms with Crippen molar-refractivity contribution in [1.82, 2.24) is 0 Å². The van der Waals surface area contributed by atoms with Gasteiger partial charge in [0.15, 0.2) is 0 Å². The molecule has 0 aliphatic heterocycles.